The van der Waals surface area contributed by atoms with Crippen molar-refractivity contribution in [2.24, 2.45) is 11.8 Å². The second-order valence-electron chi connectivity index (χ2n) is 25.8. The van der Waals surface area contributed by atoms with Crippen molar-refractivity contribution in [3.8, 4) is 0 Å². The number of carbonyl (C=O) groups excluding carboxylic acids is 4. The van der Waals surface area contributed by atoms with Gasteiger partial charge in [-0.05, 0) is 122 Å². The zero-order valence-electron chi connectivity index (χ0n) is 56.4. The van der Waals surface area contributed by atoms with Gasteiger partial charge in [0, 0.05) is 51.9 Å². The molecule has 2 atom stereocenters. The van der Waals surface area contributed by atoms with Crippen LogP contribution in [-0.2, 0) is 28.7 Å². The van der Waals surface area contributed by atoms with Gasteiger partial charge in [-0.1, -0.05) is 260 Å². The van der Waals surface area contributed by atoms with Crippen LogP contribution in [-0.4, -0.2) is 98.0 Å². The lowest BCUT2D eigenvalue weighted by molar-refractivity contribution is -0.146. The molecule has 486 valence electrons. The topological polar surface area (TPSA) is 96.5 Å². The summed E-state index contributed by atoms with van der Waals surface area (Å²) in [7, 11) is 2.28. The van der Waals surface area contributed by atoms with E-state index in [2.05, 4.69) is 63.3 Å². The van der Waals surface area contributed by atoms with Gasteiger partial charge in [0.15, 0.2) is 0 Å². The van der Waals surface area contributed by atoms with E-state index in [1.807, 2.05) is 0 Å². The standard InChI is InChI=1S/C73H143N3O6/c1-8-14-20-24-30-42-54-68(52-40-22-16-10-3)66-81-72(79)58-44-36-50-64-75(70(77)56-38-18-12-5)62-48-34-28-26-32-46-60-74(7)61-47-33-27-29-35-49-63-76(71(78)57-39-19-13-6)65-51-37-45-59-73(80)82-67-69(53-41-23-17-11-4)55-43-31-25-21-15-9-2/h68-69H,8-67H2,1-7H3. The molecule has 0 N–H and O–H groups in total. The Balaban J connectivity index is 4.42. The predicted octanol–water partition coefficient (Wildman–Crippen LogP) is 21.3. The van der Waals surface area contributed by atoms with E-state index in [1.54, 1.807) is 0 Å². The number of amides is 2. The summed E-state index contributed by atoms with van der Waals surface area (Å²) in [4.78, 5) is 58.8. The lowest BCUT2D eigenvalue weighted by Gasteiger charge is -2.23. The first-order chi connectivity index (χ1) is 40.1. The van der Waals surface area contributed by atoms with Crippen LogP contribution in [0, 0.1) is 11.8 Å². The normalized spacial score (nSPS) is 12.3. The first-order valence-corrected chi connectivity index (χ1v) is 36.7. The molecule has 0 spiro atoms. The first kappa shape index (κ1) is 79.8. The first-order valence-electron chi connectivity index (χ1n) is 36.7. The van der Waals surface area contributed by atoms with Gasteiger partial charge >= 0.3 is 11.9 Å². The molecule has 0 aromatic rings. The van der Waals surface area contributed by atoms with Crippen LogP contribution >= 0.6 is 0 Å². The Morgan fingerprint density at radius 2 is 0.488 bits per heavy atom. The van der Waals surface area contributed by atoms with Crippen LogP contribution in [0.25, 0.3) is 0 Å². The summed E-state index contributed by atoms with van der Waals surface area (Å²) >= 11 is 0. The van der Waals surface area contributed by atoms with Gasteiger partial charge in [-0.2, -0.15) is 0 Å². The van der Waals surface area contributed by atoms with E-state index < -0.39 is 0 Å². The Labute approximate surface area is 511 Å². The van der Waals surface area contributed by atoms with Crippen LogP contribution in [0.2, 0.25) is 0 Å². The number of carbonyl (C=O) groups is 4. The zero-order valence-corrected chi connectivity index (χ0v) is 56.4. The van der Waals surface area contributed by atoms with Crippen molar-refractivity contribution >= 4 is 23.8 Å². The van der Waals surface area contributed by atoms with E-state index in [-0.39, 0.29) is 11.9 Å². The molecule has 0 heterocycles. The molecule has 0 aliphatic carbocycles. The summed E-state index contributed by atoms with van der Waals surface area (Å²) < 4.78 is 11.7. The Hall–Kier alpha value is -2.16. The van der Waals surface area contributed by atoms with Gasteiger partial charge in [0.05, 0.1) is 13.2 Å². The van der Waals surface area contributed by atoms with Gasteiger partial charge in [0.25, 0.3) is 0 Å². The van der Waals surface area contributed by atoms with Crippen molar-refractivity contribution in [1.29, 1.82) is 0 Å². The largest absolute Gasteiger partial charge is 0.465 e. The third kappa shape index (κ3) is 54.5. The van der Waals surface area contributed by atoms with E-state index >= 15 is 0 Å². The summed E-state index contributed by atoms with van der Waals surface area (Å²) in [5.74, 6) is 1.58. The van der Waals surface area contributed by atoms with Crippen molar-refractivity contribution < 1.29 is 28.7 Å². The number of hydrogen-bond donors (Lipinski definition) is 0. The van der Waals surface area contributed by atoms with Crippen molar-refractivity contribution in [2.45, 2.75) is 375 Å². The summed E-state index contributed by atoms with van der Waals surface area (Å²) in [6.45, 7) is 20.3. The highest BCUT2D eigenvalue weighted by molar-refractivity contribution is 5.76. The zero-order chi connectivity index (χ0) is 60.0. The second-order valence-corrected chi connectivity index (χ2v) is 25.8. The maximum absolute atomic E-state index is 13.3. The van der Waals surface area contributed by atoms with Crippen LogP contribution in [0.1, 0.15) is 375 Å². The lowest BCUT2D eigenvalue weighted by Crippen LogP contribution is -2.32. The predicted molar refractivity (Wildman–Crippen MR) is 354 cm³/mol. The molecule has 0 bridgehead atoms. The SMILES string of the molecule is CCCCCCCCC(CCCCCC)COC(=O)CCCCCN(CCCCCCCCN(C)CCCCCCCCN(CCCCCC(=O)OCC(CCCCCC)CCCCCCCC)C(=O)CCCCC)C(=O)CCCCC. The van der Waals surface area contributed by atoms with Crippen LogP contribution in [0.4, 0.5) is 0 Å². The van der Waals surface area contributed by atoms with Gasteiger partial charge < -0.3 is 24.2 Å². The van der Waals surface area contributed by atoms with Crippen LogP contribution in [0.15, 0.2) is 0 Å². The molecule has 0 aliphatic rings. The van der Waals surface area contributed by atoms with Crippen molar-refractivity contribution in [2.75, 3.05) is 59.5 Å². The second kappa shape index (κ2) is 63.3. The van der Waals surface area contributed by atoms with E-state index in [1.165, 1.54) is 231 Å². The third-order valence-corrected chi connectivity index (χ3v) is 17.6. The molecule has 2 amide bonds. The monoisotopic (exact) mass is 1160 g/mol. The van der Waals surface area contributed by atoms with Crippen molar-refractivity contribution in [3.63, 3.8) is 0 Å². The van der Waals surface area contributed by atoms with Crippen molar-refractivity contribution in [3.05, 3.63) is 0 Å². The molecular weight excluding hydrogens is 1010 g/mol. The van der Waals surface area contributed by atoms with Gasteiger partial charge in [-0.25, -0.2) is 0 Å². The molecule has 0 fully saturated rings. The highest BCUT2D eigenvalue weighted by Gasteiger charge is 2.17. The summed E-state index contributed by atoms with van der Waals surface area (Å²) in [5, 5.41) is 0. The molecule has 82 heavy (non-hydrogen) atoms. The number of esters is 2. The average molecular weight is 1160 g/mol. The summed E-state index contributed by atoms with van der Waals surface area (Å²) in [6.07, 6.45) is 59.6. The van der Waals surface area contributed by atoms with Crippen LogP contribution < -0.4 is 0 Å². The van der Waals surface area contributed by atoms with E-state index in [0.29, 0.717) is 62.5 Å². The maximum Gasteiger partial charge on any atom is 0.305 e. The quantitative estimate of drug-likeness (QED) is 0.0442. The highest BCUT2D eigenvalue weighted by Crippen LogP contribution is 2.22. The minimum atomic E-state index is -0.0355. The van der Waals surface area contributed by atoms with Gasteiger partial charge in [0.1, 0.15) is 0 Å². The summed E-state index contributed by atoms with van der Waals surface area (Å²) in [6, 6.07) is 0. The molecule has 9 heteroatoms. The molecule has 0 aromatic carbocycles. The van der Waals surface area contributed by atoms with E-state index in [4.69, 9.17) is 9.47 Å². The molecule has 2 unspecified atom stereocenters. The fourth-order valence-electron chi connectivity index (χ4n) is 11.8. The maximum atomic E-state index is 13.3. The molecule has 0 aromatic heterocycles. The highest BCUT2D eigenvalue weighted by atomic mass is 16.5. The number of ether oxygens (including phenoxy) is 2. The Kier molecular flexibility index (Phi) is 61.7. The molecule has 0 radical (unpaired) electrons. The molecule has 0 rings (SSSR count). The van der Waals surface area contributed by atoms with Crippen molar-refractivity contribution in [1.82, 2.24) is 14.7 Å². The van der Waals surface area contributed by atoms with Gasteiger partial charge in [-0.15, -0.1) is 0 Å². The Morgan fingerprint density at radius 1 is 0.268 bits per heavy atom. The minimum absolute atomic E-state index is 0.0355. The lowest BCUT2D eigenvalue weighted by atomic mass is 9.95. The molecular formula is C73H143N3O6. The van der Waals surface area contributed by atoms with Gasteiger partial charge in [-0.3, -0.25) is 19.2 Å². The molecule has 0 aliphatic heterocycles. The van der Waals surface area contributed by atoms with Crippen LogP contribution in [0.3, 0.4) is 0 Å². The number of hydrogen-bond acceptors (Lipinski definition) is 7. The Morgan fingerprint density at radius 3 is 0.793 bits per heavy atom. The minimum Gasteiger partial charge on any atom is -0.465 e. The molecule has 0 saturated carbocycles. The molecule has 0 saturated heterocycles. The summed E-state index contributed by atoms with van der Waals surface area (Å²) in [5.41, 5.74) is 0. The fourth-order valence-corrected chi connectivity index (χ4v) is 11.8. The fraction of sp³-hybridized carbons (Fsp3) is 0.945. The van der Waals surface area contributed by atoms with Crippen LogP contribution in [0.5, 0.6) is 0 Å². The number of unbranched alkanes of at least 4 members (excludes halogenated alkanes) is 34. The number of rotatable bonds is 66. The molecule has 9 nitrogen and oxygen atoms in total. The smallest absolute Gasteiger partial charge is 0.305 e. The third-order valence-electron chi connectivity index (χ3n) is 17.6. The Bertz CT molecular complexity index is 1280. The number of nitrogens with zero attached hydrogens (tertiary/aromatic N) is 3. The average Bonchev–Trinajstić information content (AvgIpc) is 3.47. The van der Waals surface area contributed by atoms with Gasteiger partial charge in [0.2, 0.25) is 11.8 Å². The van der Waals surface area contributed by atoms with E-state index in [0.717, 1.165) is 116 Å². The van der Waals surface area contributed by atoms with E-state index in [9.17, 15) is 19.2 Å².